The molecule has 1 atom stereocenters. The van der Waals surface area contributed by atoms with Gasteiger partial charge in [-0.2, -0.15) is 0 Å². The van der Waals surface area contributed by atoms with E-state index in [0.29, 0.717) is 25.1 Å². The average molecular weight is 250 g/mol. The Kier molecular flexibility index (Phi) is 3.57. The highest BCUT2D eigenvalue weighted by molar-refractivity contribution is 5.95. The number of benzene rings is 1. The maximum absolute atomic E-state index is 11.8. The van der Waals surface area contributed by atoms with Gasteiger partial charge in [0.1, 0.15) is 6.23 Å². The van der Waals surface area contributed by atoms with Crippen molar-refractivity contribution >= 4 is 17.3 Å². The van der Waals surface area contributed by atoms with Gasteiger partial charge in [-0.15, -0.1) is 0 Å². The lowest BCUT2D eigenvalue weighted by Crippen LogP contribution is -2.34. The average Bonchev–Trinajstić information content (AvgIpc) is 2.71. The Hall–Kier alpha value is -1.95. The topological polar surface area (TPSA) is 72.7 Å². The van der Waals surface area contributed by atoms with Crippen molar-refractivity contribution in [2.45, 2.75) is 26.0 Å². The summed E-state index contributed by atoms with van der Waals surface area (Å²) >= 11 is 0. The highest BCUT2D eigenvalue weighted by Crippen LogP contribution is 2.28. The molecule has 0 spiro atoms. The molecule has 1 heterocycles. The van der Waals surface area contributed by atoms with Gasteiger partial charge in [0.2, 0.25) is 5.91 Å². The van der Waals surface area contributed by atoms with Crippen LogP contribution in [0.4, 0.5) is 11.4 Å². The Labute approximate surface area is 104 Å². The Morgan fingerprint density at radius 2 is 2.11 bits per heavy atom. The molecule has 6 nitrogen and oxygen atoms in total. The maximum Gasteiger partial charge on any atom is 0.269 e. The molecule has 1 aromatic rings. The van der Waals surface area contributed by atoms with Crippen molar-refractivity contribution in [3.8, 4) is 0 Å². The minimum Gasteiger partial charge on any atom is -0.358 e. The van der Waals surface area contributed by atoms with Crippen molar-refractivity contribution in [2.24, 2.45) is 0 Å². The predicted octanol–water partition coefficient (Wildman–Crippen LogP) is 2.08. The first-order valence-electron chi connectivity index (χ1n) is 5.81. The lowest BCUT2D eigenvalue weighted by Gasteiger charge is -2.24. The lowest BCUT2D eigenvalue weighted by molar-refractivity contribution is -0.384. The highest BCUT2D eigenvalue weighted by Gasteiger charge is 2.32. The number of ether oxygens (including phenoxy) is 1. The number of non-ortho nitro benzene ring substituents is 1. The second-order valence-corrected chi connectivity index (χ2v) is 3.99. The molecule has 6 heteroatoms. The summed E-state index contributed by atoms with van der Waals surface area (Å²) in [6.07, 6.45) is 0.842. The number of nitro benzene ring substituents is 1. The molecule has 96 valence electrons. The first-order chi connectivity index (χ1) is 8.63. The zero-order valence-electron chi connectivity index (χ0n) is 10.0. The van der Waals surface area contributed by atoms with Crippen LogP contribution >= 0.6 is 0 Å². The second-order valence-electron chi connectivity index (χ2n) is 3.99. The van der Waals surface area contributed by atoms with Crippen LogP contribution in [-0.4, -0.2) is 23.7 Å². The molecule has 0 N–H and O–H groups in total. The van der Waals surface area contributed by atoms with E-state index in [0.717, 1.165) is 0 Å². The predicted molar refractivity (Wildman–Crippen MR) is 65.2 cm³/mol. The van der Waals surface area contributed by atoms with Crippen molar-refractivity contribution < 1.29 is 14.5 Å². The maximum atomic E-state index is 11.8. The zero-order valence-corrected chi connectivity index (χ0v) is 10.0. The van der Waals surface area contributed by atoms with Crippen molar-refractivity contribution in [3.63, 3.8) is 0 Å². The summed E-state index contributed by atoms with van der Waals surface area (Å²) in [5, 5.41) is 10.6. The molecule has 0 aromatic heterocycles. The van der Waals surface area contributed by atoms with E-state index in [1.54, 1.807) is 17.0 Å². The summed E-state index contributed by atoms with van der Waals surface area (Å²) in [5.41, 5.74) is 0.653. The summed E-state index contributed by atoms with van der Waals surface area (Å²) in [6.45, 7) is 2.40. The van der Waals surface area contributed by atoms with Crippen LogP contribution in [0.3, 0.4) is 0 Å². The van der Waals surface area contributed by atoms with Crippen molar-refractivity contribution in [2.75, 3.05) is 11.5 Å². The zero-order chi connectivity index (χ0) is 13.1. The Morgan fingerprint density at radius 1 is 1.44 bits per heavy atom. The van der Waals surface area contributed by atoms with Gasteiger partial charge in [-0.25, -0.2) is 0 Å². The van der Waals surface area contributed by atoms with E-state index in [-0.39, 0.29) is 17.8 Å². The summed E-state index contributed by atoms with van der Waals surface area (Å²) < 4.78 is 5.49. The minimum absolute atomic E-state index is 0.0118. The molecule has 18 heavy (non-hydrogen) atoms. The van der Waals surface area contributed by atoms with E-state index in [9.17, 15) is 14.9 Å². The van der Waals surface area contributed by atoms with Crippen LogP contribution in [0.5, 0.6) is 0 Å². The van der Waals surface area contributed by atoms with Crippen LogP contribution in [-0.2, 0) is 9.53 Å². The largest absolute Gasteiger partial charge is 0.358 e. The van der Waals surface area contributed by atoms with Gasteiger partial charge in [0.25, 0.3) is 5.69 Å². The van der Waals surface area contributed by atoms with Crippen molar-refractivity contribution in [1.82, 2.24) is 0 Å². The first kappa shape index (κ1) is 12.5. The molecule has 1 saturated heterocycles. The smallest absolute Gasteiger partial charge is 0.269 e. The molecule has 1 unspecified atom stereocenters. The standard InChI is InChI=1S/C12H14N2O4/c1-2-18-12-8-7-11(15)13(12)9-3-5-10(6-4-9)14(16)17/h3-6,12H,2,7-8H2,1H3. The number of rotatable bonds is 4. The van der Waals surface area contributed by atoms with Crippen LogP contribution < -0.4 is 4.90 Å². The van der Waals surface area contributed by atoms with E-state index in [1.807, 2.05) is 6.92 Å². The van der Waals surface area contributed by atoms with Gasteiger partial charge < -0.3 is 4.74 Å². The van der Waals surface area contributed by atoms with Crippen LogP contribution in [0.25, 0.3) is 0 Å². The number of anilines is 1. The number of nitrogens with zero attached hydrogens (tertiary/aromatic N) is 2. The fourth-order valence-corrected chi connectivity index (χ4v) is 2.05. The van der Waals surface area contributed by atoms with Gasteiger partial charge in [-0.1, -0.05) is 0 Å². The molecule has 2 rings (SSSR count). The Bertz CT molecular complexity index is 458. The normalized spacial score (nSPS) is 19.3. The molecule has 1 amide bonds. The van der Waals surface area contributed by atoms with Crippen LogP contribution in [0.1, 0.15) is 19.8 Å². The summed E-state index contributed by atoms with van der Waals surface area (Å²) in [4.78, 5) is 23.5. The third-order valence-corrected chi connectivity index (χ3v) is 2.86. The lowest BCUT2D eigenvalue weighted by atomic mass is 10.2. The number of carbonyl (C=O) groups excluding carboxylic acids is 1. The van der Waals surface area contributed by atoms with Crippen LogP contribution in [0.2, 0.25) is 0 Å². The van der Waals surface area contributed by atoms with Gasteiger partial charge in [0.15, 0.2) is 0 Å². The number of hydrogen-bond acceptors (Lipinski definition) is 4. The van der Waals surface area contributed by atoms with Gasteiger partial charge in [-0.3, -0.25) is 19.8 Å². The molecular weight excluding hydrogens is 236 g/mol. The molecule has 1 aliphatic heterocycles. The molecule has 0 aliphatic carbocycles. The van der Waals surface area contributed by atoms with Gasteiger partial charge in [-0.05, 0) is 19.1 Å². The number of hydrogen-bond donors (Lipinski definition) is 0. The molecule has 0 radical (unpaired) electrons. The molecule has 0 bridgehead atoms. The van der Waals surface area contributed by atoms with Crippen molar-refractivity contribution in [1.29, 1.82) is 0 Å². The molecule has 1 fully saturated rings. The number of amides is 1. The SMILES string of the molecule is CCOC1CCC(=O)N1c1ccc([N+](=O)[O-])cc1. The fraction of sp³-hybridized carbons (Fsp3) is 0.417. The van der Waals surface area contributed by atoms with Crippen LogP contribution in [0.15, 0.2) is 24.3 Å². The monoisotopic (exact) mass is 250 g/mol. The quantitative estimate of drug-likeness (QED) is 0.605. The fourth-order valence-electron chi connectivity index (χ4n) is 2.05. The molecule has 1 aromatic carbocycles. The Morgan fingerprint density at radius 3 is 2.67 bits per heavy atom. The minimum atomic E-state index is -0.463. The van der Waals surface area contributed by atoms with E-state index in [1.165, 1.54) is 12.1 Å². The van der Waals surface area contributed by atoms with E-state index in [2.05, 4.69) is 0 Å². The van der Waals surface area contributed by atoms with Gasteiger partial charge in [0, 0.05) is 37.3 Å². The second kappa shape index (κ2) is 5.14. The van der Waals surface area contributed by atoms with Gasteiger partial charge in [0.05, 0.1) is 4.92 Å². The number of nitro groups is 1. The van der Waals surface area contributed by atoms with Gasteiger partial charge >= 0.3 is 0 Å². The third-order valence-electron chi connectivity index (χ3n) is 2.86. The summed E-state index contributed by atoms with van der Waals surface area (Å²) in [5.74, 6) is -0.0118. The molecular formula is C12H14N2O4. The van der Waals surface area contributed by atoms with Crippen LogP contribution in [0, 0.1) is 10.1 Å². The summed E-state index contributed by atoms with van der Waals surface area (Å²) in [7, 11) is 0. The third kappa shape index (κ3) is 2.33. The van der Waals surface area contributed by atoms with E-state index < -0.39 is 4.92 Å². The van der Waals surface area contributed by atoms with Crippen molar-refractivity contribution in [3.05, 3.63) is 34.4 Å². The summed E-state index contributed by atoms with van der Waals surface area (Å²) in [6, 6.07) is 5.94. The number of carbonyl (C=O) groups is 1. The first-order valence-corrected chi connectivity index (χ1v) is 5.81. The molecule has 0 saturated carbocycles. The molecule has 1 aliphatic rings. The Balaban J connectivity index is 2.23. The highest BCUT2D eigenvalue weighted by atomic mass is 16.6. The van der Waals surface area contributed by atoms with E-state index >= 15 is 0 Å². The van der Waals surface area contributed by atoms with E-state index in [4.69, 9.17) is 4.74 Å².